The fraction of sp³-hybridized carbons (Fsp3) is 0.600. The van der Waals surface area contributed by atoms with Gasteiger partial charge in [0.15, 0.2) is 0 Å². The van der Waals surface area contributed by atoms with Crippen molar-refractivity contribution in [1.29, 1.82) is 0 Å². The summed E-state index contributed by atoms with van der Waals surface area (Å²) in [6.07, 6.45) is 2.68. The molecule has 3 nitrogen and oxygen atoms in total. The van der Waals surface area contributed by atoms with Crippen molar-refractivity contribution in [2.75, 3.05) is 19.7 Å². The lowest BCUT2D eigenvalue weighted by atomic mass is 9.89. The Labute approximate surface area is 117 Å². The van der Waals surface area contributed by atoms with E-state index in [1.807, 2.05) is 0 Å². The maximum atomic E-state index is 13.5. The molecule has 1 aromatic carbocycles. The second-order valence-electron chi connectivity index (χ2n) is 5.58. The molecule has 1 N–H and O–H groups in total. The Morgan fingerprint density at radius 1 is 1.25 bits per heavy atom. The van der Waals surface area contributed by atoms with E-state index < -0.39 is 11.6 Å². The Kier molecular flexibility index (Phi) is 4.01. The van der Waals surface area contributed by atoms with Gasteiger partial charge in [0.1, 0.15) is 11.6 Å². The van der Waals surface area contributed by atoms with Crippen LogP contribution in [0.4, 0.5) is 8.78 Å². The highest BCUT2D eigenvalue weighted by atomic mass is 19.1. The lowest BCUT2D eigenvalue weighted by Crippen LogP contribution is -2.41. The van der Waals surface area contributed by atoms with Gasteiger partial charge in [-0.2, -0.15) is 0 Å². The number of benzene rings is 1. The van der Waals surface area contributed by atoms with Gasteiger partial charge in [-0.3, -0.25) is 0 Å². The molecule has 2 fully saturated rings. The summed E-state index contributed by atoms with van der Waals surface area (Å²) in [5.41, 5.74) is -0.0947. The molecule has 0 saturated carbocycles. The third-order valence-electron chi connectivity index (χ3n) is 4.21. The molecule has 1 unspecified atom stereocenters. The topological polar surface area (TPSA) is 30.5 Å². The van der Waals surface area contributed by atoms with E-state index in [1.54, 1.807) is 0 Å². The lowest BCUT2D eigenvalue weighted by Gasteiger charge is -2.32. The van der Waals surface area contributed by atoms with Gasteiger partial charge in [-0.25, -0.2) is 8.78 Å². The fourth-order valence-corrected chi connectivity index (χ4v) is 3.01. The molecular weight excluding hydrogens is 264 g/mol. The molecule has 110 valence electrons. The zero-order valence-corrected chi connectivity index (χ0v) is 11.3. The molecule has 3 rings (SSSR count). The second kappa shape index (κ2) is 5.76. The maximum absolute atomic E-state index is 13.5. The van der Waals surface area contributed by atoms with Crippen molar-refractivity contribution in [2.24, 2.45) is 0 Å². The Bertz CT molecular complexity index is 455. The van der Waals surface area contributed by atoms with E-state index in [9.17, 15) is 8.78 Å². The quantitative estimate of drug-likeness (QED) is 0.924. The molecule has 1 atom stereocenters. The highest BCUT2D eigenvalue weighted by Crippen LogP contribution is 2.35. The molecule has 0 aromatic heterocycles. The molecule has 20 heavy (non-hydrogen) atoms. The largest absolute Gasteiger partial charge is 0.372 e. The van der Waals surface area contributed by atoms with E-state index in [2.05, 4.69) is 5.32 Å². The predicted molar refractivity (Wildman–Crippen MR) is 70.3 cm³/mol. The van der Waals surface area contributed by atoms with Gasteiger partial charge in [-0.05, 0) is 38.1 Å². The third kappa shape index (κ3) is 2.85. The highest BCUT2D eigenvalue weighted by Gasteiger charge is 2.41. The highest BCUT2D eigenvalue weighted by molar-refractivity contribution is 5.18. The van der Waals surface area contributed by atoms with E-state index in [0.717, 1.165) is 32.4 Å². The van der Waals surface area contributed by atoms with Crippen LogP contribution in [0.15, 0.2) is 18.2 Å². The fourth-order valence-electron chi connectivity index (χ4n) is 3.01. The van der Waals surface area contributed by atoms with Crippen molar-refractivity contribution >= 4 is 0 Å². The van der Waals surface area contributed by atoms with Gasteiger partial charge >= 0.3 is 0 Å². The predicted octanol–water partition coefficient (Wildman–Crippen LogP) is 2.39. The average molecular weight is 283 g/mol. The van der Waals surface area contributed by atoms with Crippen molar-refractivity contribution in [3.63, 3.8) is 0 Å². The summed E-state index contributed by atoms with van der Waals surface area (Å²) in [6, 6.07) is 3.86. The van der Waals surface area contributed by atoms with Crippen LogP contribution in [0.1, 0.15) is 24.8 Å². The first-order chi connectivity index (χ1) is 9.69. The summed E-state index contributed by atoms with van der Waals surface area (Å²) < 4.78 is 38.6. The van der Waals surface area contributed by atoms with E-state index in [1.165, 1.54) is 18.2 Å². The molecule has 1 spiro atoms. The first-order valence-corrected chi connectivity index (χ1v) is 7.08. The first-order valence-electron chi connectivity index (χ1n) is 7.08. The van der Waals surface area contributed by atoms with Crippen LogP contribution < -0.4 is 5.32 Å². The van der Waals surface area contributed by atoms with E-state index in [-0.39, 0.29) is 23.9 Å². The lowest BCUT2D eigenvalue weighted by molar-refractivity contribution is -0.0242. The first kappa shape index (κ1) is 13.9. The molecule has 2 aliphatic heterocycles. The zero-order valence-electron chi connectivity index (χ0n) is 11.3. The summed E-state index contributed by atoms with van der Waals surface area (Å²) in [5, 5.41) is 3.30. The van der Waals surface area contributed by atoms with Gasteiger partial charge < -0.3 is 14.8 Å². The van der Waals surface area contributed by atoms with Crippen molar-refractivity contribution in [3.05, 3.63) is 35.4 Å². The molecule has 0 radical (unpaired) electrons. The number of rotatable bonds is 3. The molecular formula is C15H19F2NO2. The van der Waals surface area contributed by atoms with Crippen LogP contribution in [-0.2, 0) is 16.1 Å². The normalized spacial score (nSPS) is 25.2. The minimum atomic E-state index is -0.555. The van der Waals surface area contributed by atoms with Crippen LogP contribution in [0.3, 0.4) is 0 Å². The van der Waals surface area contributed by atoms with Crippen molar-refractivity contribution < 1.29 is 18.3 Å². The minimum Gasteiger partial charge on any atom is -0.372 e. The van der Waals surface area contributed by atoms with Gasteiger partial charge in [-0.15, -0.1) is 0 Å². The van der Waals surface area contributed by atoms with Gasteiger partial charge in [0.25, 0.3) is 0 Å². The summed E-state index contributed by atoms with van der Waals surface area (Å²) >= 11 is 0. The van der Waals surface area contributed by atoms with Gasteiger partial charge in [-0.1, -0.05) is 6.07 Å². The molecule has 2 aliphatic rings. The minimum absolute atomic E-state index is 0.00115. The van der Waals surface area contributed by atoms with E-state index in [0.29, 0.717) is 6.61 Å². The summed E-state index contributed by atoms with van der Waals surface area (Å²) in [5.74, 6) is -1.11. The van der Waals surface area contributed by atoms with Crippen LogP contribution >= 0.6 is 0 Å². The molecule has 1 aromatic rings. The van der Waals surface area contributed by atoms with Crippen LogP contribution in [0, 0.1) is 11.6 Å². The Balaban J connectivity index is 1.57. The van der Waals surface area contributed by atoms with Crippen molar-refractivity contribution in [1.82, 2.24) is 5.32 Å². The molecule has 0 aliphatic carbocycles. The van der Waals surface area contributed by atoms with Crippen molar-refractivity contribution in [2.45, 2.75) is 37.6 Å². The van der Waals surface area contributed by atoms with E-state index >= 15 is 0 Å². The molecule has 0 bridgehead atoms. The standard InChI is InChI=1S/C15H19F2NO2/c16-13-2-1-3-14(17)12(13)10-19-11-8-15(20-9-11)4-6-18-7-5-15/h1-3,11,18H,4-10H2. The summed E-state index contributed by atoms with van der Waals surface area (Å²) in [4.78, 5) is 0. The van der Waals surface area contributed by atoms with E-state index in [4.69, 9.17) is 9.47 Å². The number of hydrogen-bond donors (Lipinski definition) is 1. The second-order valence-corrected chi connectivity index (χ2v) is 5.58. The molecule has 2 saturated heterocycles. The van der Waals surface area contributed by atoms with Crippen molar-refractivity contribution in [3.8, 4) is 0 Å². The molecule has 2 heterocycles. The summed E-state index contributed by atoms with van der Waals surface area (Å²) in [7, 11) is 0. The van der Waals surface area contributed by atoms with Crippen LogP contribution in [0.2, 0.25) is 0 Å². The SMILES string of the molecule is Fc1cccc(F)c1COC1COC2(CCNCC2)C1. The number of ether oxygens (including phenoxy) is 2. The van der Waals surface area contributed by atoms with Crippen LogP contribution in [0.25, 0.3) is 0 Å². The average Bonchev–Trinajstić information content (AvgIpc) is 2.82. The Morgan fingerprint density at radius 2 is 1.95 bits per heavy atom. The smallest absolute Gasteiger partial charge is 0.131 e. The number of nitrogens with one attached hydrogen (secondary N) is 1. The monoisotopic (exact) mass is 283 g/mol. The number of piperidine rings is 1. The molecule has 5 heteroatoms. The van der Waals surface area contributed by atoms with Gasteiger partial charge in [0.2, 0.25) is 0 Å². The molecule has 0 amide bonds. The number of halogens is 2. The van der Waals surface area contributed by atoms with Crippen LogP contribution in [-0.4, -0.2) is 31.4 Å². The Morgan fingerprint density at radius 3 is 2.65 bits per heavy atom. The summed E-state index contributed by atoms with van der Waals surface area (Å²) in [6.45, 7) is 2.38. The Hall–Kier alpha value is -1.04. The van der Waals surface area contributed by atoms with Gasteiger partial charge in [0, 0.05) is 12.0 Å². The van der Waals surface area contributed by atoms with Crippen LogP contribution in [0.5, 0.6) is 0 Å². The van der Waals surface area contributed by atoms with Gasteiger partial charge in [0.05, 0.1) is 24.9 Å². The maximum Gasteiger partial charge on any atom is 0.131 e. The number of hydrogen-bond acceptors (Lipinski definition) is 3. The zero-order chi connectivity index (χ0) is 14.0. The third-order valence-corrected chi connectivity index (χ3v) is 4.21.